The van der Waals surface area contributed by atoms with Crippen LogP contribution >= 0.6 is 0 Å². The molecule has 0 aliphatic carbocycles. The average molecular weight is 376 g/mol. The zero-order valence-corrected chi connectivity index (χ0v) is 14.4. The molecule has 1 aliphatic heterocycles. The Morgan fingerprint density at radius 2 is 1.70 bits per heavy atom. The number of nitrogens with one attached hydrogen (secondary N) is 1. The first-order valence-corrected chi connectivity index (χ1v) is 8.04. The molecule has 8 heteroatoms. The number of amides is 3. The molecule has 140 valence electrons. The molecule has 0 aromatic heterocycles. The van der Waals surface area contributed by atoms with Crippen molar-refractivity contribution in [2.45, 2.75) is 19.1 Å². The predicted octanol–water partition coefficient (Wildman–Crippen LogP) is 3.42. The molecule has 0 saturated carbocycles. The van der Waals surface area contributed by atoms with Crippen molar-refractivity contribution in [2.75, 3.05) is 7.05 Å². The van der Waals surface area contributed by atoms with Crippen molar-refractivity contribution in [3.05, 3.63) is 70.3 Å². The van der Waals surface area contributed by atoms with E-state index in [0.717, 1.165) is 17.0 Å². The van der Waals surface area contributed by atoms with E-state index < -0.39 is 35.5 Å². The Hall–Kier alpha value is -3.16. The minimum atomic E-state index is -4.47. The standard InChI is InChI=1S/C19H15F3N2O3/c1-10(11-4-3-5-13(8-11)19(20,21)22)23-16(25)12-6-7-14-15(9-12)18(27)24(2)17(14)26/h3-10H,1-2H3,(H,23,25). The van der Waals surface area contributed by atoms with Crippen LogP contribution in [0, 0.1) is 0 Å². The molecule has 1 N–H and O–H groups in total. The minimum Gasteiger partial charge on any atom is -0.346 e. The zero-order chi connectivity index (χ0) is 19.9. The monoisotopic (exact) mass is 376 g/mol. The Bertz CT molecular complexity index is 953. The lowest BCUT2D eigenvalue weighted by Gasteiger charge is -2.16. The van der Waals surface area contributed by atoms with Gasteiger partial charge in [0.15, 0.2) is 0 Å². The van der Waals surface area contributed by atoms with Crippen LogP contribution in [0.4, 0.5) is 13.2 Å². The van der Waals surface area contributed by atoms with E-state index in [1.54, 1.807) is 6.92 Å². The van der Waals surface area contributed by atoms with Crippen LogP contribution in [0.5, 0.6) is 0 Å². The van der Waals surface area contributed by atoms with E-state index in [1.165, 1.54) is 37.4 Å². The fourth-order valence-electron chi connectivity index (χ4n) is 2.85. The first-order chi connectivity index (χ1) is 12.6. The highest BCUT2D eigenvalue weighted by Gasteiger charge is 2.33. The van der Waals surface area contributed by atoms with Crippen LogP contribution in [0.25, 0.3) is 0 Å². The van der Waals surface area contributed by atoms with Crippen molar-refractivity contribution in [1.29, 1.82) is 0 Å². The number of alkyl halides is 3. The summed E-state index contributed by atoms with van der Waals surface area (Å²) in [7, 11) is 1.35. The molecule has 0 fully saturated rings. The molecule has 0 radical (unpaired) electrons. The van der Waals surface area contributed by atoms with Crippen LogP contribution in [0.1, 0.15) is 55.2 Å². The number of carbonyl (C=O) groups is 3. The number of hydrogen-bond acceptors (Lipinski definition) is 3. The van der Waals surface area contributed by atoms with Crippen molar-refractivity contribution in [1.82, 2.24) is 10.2 Å². The number of imide groups is 1. The lowest BCUT2D eigenvalue weighted by molar-refractivity contribution is -0.137. The summed E-state index contributed by atoms with van der Waals surface area (Å²) in [6.45, 7) is 1.56. The minimum absolute atomic E-state index is 0.127. The maximum atomic E-state index is 12.8. The Kier molecular flexibility index (Phi) is 4.51. The van der Waals surface area contributed by atoms with E-state index >= 15 is 0 Å². The summed E-state index contributed by atoms with van der Waals surface area (Å²) in [5.41, 5.74) is -0.0213. The number of halogens is 3. The van der Waals surface area contributed by atoms with Crippen molar-refractivity contribution >= 4 is 17.7 Å². The van der Waals surface area contributed by atoms with Gasteiger partial charge in [0.1, 0.15) is 0 Å². The molecule has 3 rings (SSSR count). The summed E-state index contributed by atoms with van der Waals surface area (Å²) in [6.07, 6.45) is -4.47. The Morgan fingerprint density at radius 3 is 2.37 bits per heavy atom. The summed E-state index contributed by atoms with van der Waals surface area (Å²) in [5.74, 6) is -1.51. The first-order valence-electron chi connectivity index (χ1n) is 8.04. The second-order valence-electron chi connectivity index (χ2n) is 6.25. The summed E-state index contributed by atoms with van der Waals surface area (Å²) < 4.78 is 38.5. The zero-order valence-electron chi connectivity index (χ0n) is 14.4. The highest BCUT2D eigenvalue weighted by molar-refractivity contribution is 6.21. The molecule has 0 spiro atoms. The van der Waals surface area contributed by atoms with Crippen LogP contribution in [-0.4, -0.2) is 29.7 Å². The Labute approximate surface area is 152 Å². The van der Waals surface area contributed by atoms with E-state index in [4.69, 9.17) is 0 Å². The molecule has 1 atom stereocenters. The summed E-state index contributed by atoms with van der Waals surface area (Å²) in [5, 5.41) is 2.60. The Morgan fingerprint density at radius 1 is 1.04 bits per heavy atom. The second-order valence-corrected chi connectivity index (χ2v) is 6.25. The van der Waals surface area contributed by atoms with Gasteiger partial charge in [0, 0.05) is 12.6 Å². The average Bonchev–Trinajstić information content (AvgIpc) is 2.85. The van der Waals surface area contributed by atoms with Gasteiger partial charge >= 0.3 is 6.18 Å². The molecular weight excluding hydrogens is 361 g/mol. The van der Waals surface area contributed by atoms with Gasteiger partial charge in [-0.1, -0.05) is 12.1 Å². The third kappa shape index (κ3) is 3.42. The molecule has 2 aromatic rings. The van der Waals surface area contributed by atoms with E-state index in [2.05, 4.69) is 5.32 Å². The highest BCUT2D eigenvalue weighted by atomic mass is 19.4. The maximum absolute atomic E-state index is 12.8. The van der Waals surface area contributed by atoms with Gasteiger partial charge in [-0.15, -0.1) is 0 Å². The summed E-state index contributed by atoms with van der Waals surface area (Å²) in [4.78, 5) is 37.3. The number of carbonyl (C=O) groups excluding carboxylic acids is 3. The van der Waals surface area contributed by atoms with Gasteiger partial charge < -0.3 is 5.32 Å². The SMILES string of the molecule is CC(NC(=O)c1ccc2c(c1)C(=O)N(C)C2=O)c1cccc(C(F)(F)F)c1. The quantitative estimate of drug-likeness (QED) is 0.835. The maximum Gasteiger partial charge on any atom is 0.416 e. The predicted molar refractivity (Wildman–Crippen MR) is 90.2 cm³/mol. The van der Waals surface area contributed by atoms with Gasteiger partial charge in [-0.2, -0.15) is 13.2 Å². The fraction of sp³-hybridized carbons (Fsp3) is 0.211. The molecular formula is C19H15F3N2O3. The Balaban J connectivity index is 1.81. The fourth-order valence-corrected chi connectivity index (χ4v) is 2.85. The molecule has 0 saturated heterocycles. The van der Waals surface area contributed by atoms with E-state index in [0.29, 0.717) is 5.56 Å². The number of fused-ring (bicyclic) bond motifs is 1. The highest BCUT2D eigenvalue weighted by Crippen LogP contribution is 2.31. The van der Waals surface area contributed by atoms with E-state index in [1.807, 2.05) is 0 Å². The number of hydrogen-bond donors (Lipinski definition) is 1. The van der Waals surface area contributed by atoms with Gasteiger partial charge in [0.05, 0.1) is 22.7 Å². The van der Waals surface area contributed by atoms with Crippen LogP contribution in [0.2, 0.25) is 0 Å². The van der Waals surface area contributed by atoms with Crippen LogP contribution in [0.3, 0.4) is 0 Å². The number of nitrogens with zero attached hydrogens (tertiary/aromatic N) is 1. The smallest absolute Gasteiger partial charge is 0.346 e. The summed E-state index contributed by atoms with van der Waals surface area (Å²) >= 11 is 0. The lowest BCUT2D eigenvalue weighted by atomic mass is 10.0. The third-order valence-electron chi connectivity index (χ3n) is 4.41. The molecule has 1 unspecified atom stereocenters. The summed E-state index contributed by atoms with van der Waals surface area (Å²) in [6, 6.07) is 8.11. The van der Waals surface area contributed by atoms with Gasteiger partial charge in [0.25, 0.3) is 17.7 Å². The molecule has 1 heterocycles. The number of rotatable bonds is 3. The van der Waals surface area contributed by atoms with Crippen LogP contribution < -0.4 is 5.32 Å². The molecule has 1 aliphatic rings. The molecule has 27 heavy (non-hydrogen) atoms. The van der Waals surface area contributed by atoms with E-state index in [9.17, 15) is 27.6 Å². The van der Waals surface area contributed by atoms with Gasteiger partial charge in [-0.3, -0.25) is 19.3 Å². The largest absolute Gasteiger partial charge is 0.416 e. The second kappa shape index (κ2) is 6.53. The van der Waals surface area contributed by atoms with Crippen LogP contribution in [-0.2, 0) is 6.18 Å². The molecule has 3 amide bonds. The number of benzene rings is 2. The van der Waals surface area contributed by atoms with E-state index in [-0.39, 0.29) is 16.7 Å². The molecule has 2 aromatic carbocycles. The van der Waals surface area contributed by atoms with Gasteiger partial charge in [-0.25, -0.2) is 0 Å². The normalized spacial score (nSPS) is 14.9. The first kappa shape index (κ1) is 18.6. The lowest BCUT2D eigenvalue weighted by Crippen LogP contribution is -2.27. The van der Waals surface area contributed by atoms with Crippen molar-refractivity contribution in [2.24, 2.45) is 0 Å². The third-order valence-corrected chi connectivity index (χ3v) is 4.41. The van der Waals surface area contributed by atoms with Crippen LogP contribution in [0.15, 0.2) is 42.5 Å². The van der Waals surface area contributed by atoms with Gasteiger partial charge in [0.2, 0.25) is 0 Å². The molecule has 0 bridgehead atoms. The van der Waals surface area contributed by atoms with Crippen molar-refractivity contribution in [3.63, 3.8) is 0 Å². The van der Waals surface area contributed by atoms with Crippen molar-refractivity contribution < 1.29 is 27.6 Å². The van der Waals surface area contributed by atoms with Crippen molar-refractivity contribution in [3.8, 4) is 0 Å². The van der Waals surface area contributed by atoms with Gasteiger partial charge in [-0.05, 0) is 42.8 Å². The topological polar surface area (TPSA) is 66.5 Å². The molecule has 5 nitrogen and oxygen atoms in total.